The SMILES string of the molecule is C.c1ccc(N2CCN(c3ncnc4nc[nH]c34)CC2)nc1.c1cnc(N2CCN(c3ncnc4nc[nH]c34)CC2)nc1.c1nc(N2CCN(c3ncnc4nc[nH]c34)CC2)c2[nH]cnc2n1.c1nc(N2CCN(c3ncnc4nc[nH]c34)CC2)c2[nH]cnc2n1. The first-order valence-corrected chi connectivity index (χ1v) is 29.2. The quantitative estimate of drug-likeness (QED) is 0.127. The zero-order valence-corrected chi connectivity index (χ0v) is 48.3. The van der Waals surface area contributed by atoms with Crippen molar-refractivity contribution in [1.29, 1.82) is 0 Å². The maximum absolute atomic E-state index is 4.43. The van der Waals surface area contributed by atoms with Gasteiger partial charge in [-0.25, -0.2) is 105 Å². The monoisotopic (exact) mass is 1220 g/mol. The molecule has 4 aliphatic rings. The molecule has 4 saturated heterocycles. The largest absolute Gasteiger partial charge is 0.353 e. The van der Waals surface area contributed by atoms with Gasteiger partial charge in [0, 0.05) is 123 Å². The standard InChI is InChI=1S/2C14H14N10.C14H15N7.C13H14N8.CH4/c2*1-2-24(14-10-12(18-6-16-10)20-8-22-14)4-3-23(1)13-9-11(17-5-15-9)19-7-21-13;1-2-4-15-11(3-1)20-5-7-21(8-6-20)14-12-13(17-9-16-12)18-10-19-14;1-2-14-13(15-3-1)21-6-4-20(5-7-21)12-10-11(17-8-16-10)18-9-19-12;/h2*5-8H,1-4H2,(H,15,17,19,21)(H,16,18,20,22);1-4,9-10H,5-8H2,(H,16,17,18,19);1-3,8-9H,4-7H2,(H,16,17,18,19);1H4. The minimum atomic E-state index is 0. The molecule has 0 spiro atoms. The second-order valence-corrected chi connectivity index (χ2v) is 20.9. The summed E-state index contributed by atoms with van der Waals surface area (Å²) in [6.07, 6.45) is 24.6. The molecule has 14 aromatic rings. The van der Waals surface area contributed by atoms with Crippen LogP contribution in [-0.4, -0.2) is 239 Å². The summed E-state index contributed by atoms with van der Waals surface area (Å²) in [6.45, 7) is 13.8. The first-order valence-electron chi connectivity index (χ1n) is 29.2. The summed E-state index contributed by atoms with van der Waals surface area (Å²) in [5.74, 6) is 7.23. The van der Waals surface area contributed by atoms with Crippen molar-refractivity contribution in [3.63, 3.8) is 0 Å². The zero-order valence-electron chi connectivity index (χ0n) is 48.3. The predicted octanol–water partition coefficient (Wildman–Crippen LogP) is 2.87. The maximum Gasteiger partial charge on any atom is 0.225 e. The van der Waals surface area contributed by atoms with Gasteiger partial charge in [0.25, 0.3) is 0 Å². The normalized spacial score (nSPS) is 15.4. The van der Waals surface area contributed by atoms with Gasteiger partial charge >= 0.3 is 0 Å². The Morgan fingerprint density at radius 2 is 0.473 bits per heavy atom. The number of hydrogen-bond donors (Lipinski definition) is 6. The van der Waals surface area contributed by atoms with Gasteiger partial charge in [-0.1, -0.05) is 13.5 Å². The zero-order chi connectivity index (χ0) is 60.0. The minimum Gasteiger partial charge on any atom is -0.353 e. The van der Waals surface area contributed by atoms with Crippen molar-refractivity contribution >= 4 is 114 Å². The molecule has 18 heterocycles. The molecule has 460 valence electrons. The van der Waals surface area contributed by atoms with Crippen LogP contribution in [-0.2, 0) is 0 Å². The lowest BCUT2D eigenvalue weighted by molar-refractivity contribution is 0.635. The number of anilines is 8. The van der Waals surface area contributed by atoms with Gasteiger partial charge in [0.1, 0.15) is 76.9 Å². The van der Waals surface area contributed by atoms with Gasteiger partial charge in [0.15, 0.2) is 68.8 Å². The second kappa shape index (κ2) is 25.7. The van der Waals surface area contributed by atoms with E-state index in [1.54, 1.807) is 88.3 Å². The summed E-state index contributed by atoms with van der Waals surface area (Å²) in [5, 5.41) is 0. The molecular weight excluding hydrogens is 1160 g/mol. The Morgan fingerprint density at radius 1 is 0.231 bits per heavy atom. The summed E-state index contributed by atoms with van der Waals surface area (Å²) in [4.78, 5) is 126. The highest BCUT2D eigenvalue weighted by Crippen LogP contribution is 2.29. The van der Waals surface area contributed by atoms with E-state index >= 15 is 0 Å². The highest BCUT2D eigenvalue weighted by atomic mass is 15.4. The van der Waals surface area contributed by atoms with E-state index in [1.165, 1.54) is 0 Å². The van der Waals surface area contributed by atoms with Crippen LogP contribution in [0.3, 0.4) is 0 Å². The number of nitrogens with zero attached hydrogens (tertiary/aromatic N) is 29. The van der Waals surface area contributed by atoms with E-state index in [2.05, 4.69) is 174 Å². The number of hydrogen-bond acceptors (Lipinski definition) is 29. The van der Waals surface area contributed by atoms with Crippen LogP contribution < -0.4 is 39.2 Å². The highest BCUT2D eigenvalue weighted by Gasteiger charge is 2.27. The predicted molar refractivity (Wildman–Crippen MR) is 341 cm³/mol. The average Bonchev–Trinajstić information content (AvgIpc) is 2.83. The Hall–Kier alpha value is -12.1. The molecular formula is C56H61N35. The van der Waals surface area contributed by atoms with Gasteiger partial charge < -0.3 is 69.1 Å². The topological polar surface area (TPSA) is 391 Å². The second-order valence-electron chi connectivity index (χ2n) is 20.9. The van der Waals surface area contributed by atoms with Crippen molar-refractivity contribution in [2.24, 2.45) is 0 Å². The van der Waals surface area contributed by atoms with Crippen molar-refractivity contribution in [3.8, 4) is 0 Å². The number of piperazine rings is 4. The fraction of sp³-hybridized carbons (Fsp3) is 0.304. The van der Waals surface area contributed by atoms with E-state index in [4.69, 9.17) is 0 Å². The van der Waals surface area contributed by atoms with Gasteiger partial charge in [-0.05, 0) is 18.2 Å². The van der Waals surface area contributed by atoms with Gasteiger partial charge in [0.2, 0.25) is 5.95 Å². The molecule has 0 saturated carbocycles. The third-order valence-corrected chi connectivity index (χ3v) is 15.9. The van der Waals surface area contributed by atoms with Crippen molar-refractivity contribution in [2.75, 3.05) is 144 Å². The Bertz CT molecular complexity index is 4170. The number of fused-ring (bicyclic) bond motifs is 6. The van der Waals surface area contributed by atoms with E-state index in [0.29, 0.717) is 33.9 Å². The molecule has 0 atom stereocenters. The molecule has 35 nitrogen and oxygen atoms in total. The smallest absolute Gasteiger partial charge is 0.225 e. The molecule has 18 rings (SSSR count). The van der Waals surface area contributed by atoms with E-state index in [0.717, 1.165) is 184 Å². The first kappa shape index (κ1) is 56.7. The van der Waals surface area contributed by atoms with E-state index < -0.39 is 0 Å². The lowest BCUT2D eigenvalue weighted by atomic mass is 10.3. The third-order valence-electron chi connectivity index (χ3n) is 15.9. The number of H-pyrrole nitrogens is 6. The number of rotatable bonds is 8. The molecule has 0 aliphatic carbocycles. The van der Waals surface area contributed by atoms with Crippen LogP contribution in [0.1, 0.15) is 7.43 Å². The van der Waals surface area contributed by atoms with E-state index in [1.807, 2.05) is 30.5 Å². The van der Waals surface area contributed by atoms with Crippen molar-refractivity contribution in [2.45, 2.75) is 7.43 Å². The van der Waals surface area contributed by atoms with Crippen molar-refractivity contribution in [3.05, 3.63) is 119 Å². The van der Waals surface area contributed by atoms with Crippen LogP contribution in [0.5, 0.6) is 0 Å². The van der Waals surface area contributed by atoms with Gasteiger partial charge in [-0.3, -0.25) is 0 Å². The first-order chi connectivity index (χ1) is 44.6. The van der Waals surface area contributed by atoms with Crippen molar-refractivity contribution in [1.82, 2.24) is 135 Å². The molecule has 0 radical (unpaired) electrons. The fourth-order valence-corrected chi connectivity index (χ4v) is 11.5. The number of nitrogens with one attached hydrogen (secondary N) is 6. The summed E-state index contributed by atoms with van der Waals surface area (Å²) >= 11 is 0. The summed E-state index contributed by atoms with van der Waals surface area (Å²) in [5.41, 5.74) is 9.50. The van der Waals surface area contributed by atoms with Gasteiger partial charge in [-0.2, -0.15) is 0 Å². The van der Waals surface area contributed by atoms with E-state index in [9.17, 15) is 0 Å². The molecule has 0 unspecified atom stereocenters. The Labute approximate surface area is 516 Å². The number of aromatic amines is 6. The van der Waals surface area contributed by atoms with Crippen LogP contribution in [0, 0.1) is 0 Å². The lowest BCUT2D eigenvalue weighted by Crippen LogP contribution is -2.47. The molecule has 6 N–H and O–H groups in total. The molecule has 14 aromatic heterocycles. The third kappa shape index (κ3) is 11.7. The van der Waals surface area contributed by atoms with Crippen LogP contribution in [0.4, 0.5) is 46.7 Å². The molecule has 91 heavy (non-hydrogen) atoms. The van der Waals surface area contributed by atoms with Crippen LogP contribution in [0.2, 0.25) is 0 Å². The number of imidazole rings is 6. The van der Waals surface area contributed by atoms with Crippen LogP contribution in [0.15, 0.2) is 119 Å². The molecule has 0 amide bonds. The van der Waals surface area contributed by atoms with Gasteiger partial charge in [-0.15, -0.1) is 0 Å². The Morgan fingerprint density at radius 3 is 0.725 bits per heavy atom. The maximum atomic E-state index is 4.43. The van der Waals surface area contributed by atoms with Gasteiger partial charge in [0.05, 0.1) is 38.0 Å². The summed E-state index contributed by atoms with van der Waals surface area (Å²) < 4.78 is 0. The molecule has 4 fully saturated rings. The molecule has 0 aromatic carbocycles. The van der Waals surface area contributed by atoms with Crippen LogP contribution >= 0.6 is 0 Å². The summed E-state index contributed by atoms with van der Waals surface area (Å²) in [6, 6.07) is 7.84. The lowest BCUT2D eigenvalue weighted by Gasteiger charge is -2.36. The molecule has 4 aliphatic heterocycles. The van der Waals surface area contributed by atoms with Crippen LogP contribution in [0.25, 0.3) is 67.0 Å². The average molecular weight is 1220 g/mol. The fourth-order valence-electron chi connectivity index (χ4n) is 11.5. The Balaban J connectivity index is 0.000000105. The highest BCUT2D eigenvalue weighted by molar-refractivity contribution is 5.87. The van der Waals surface area contributed by atoms with E-state index in [-0.39, 0.29) is 7.43 Å². The minimum absolute atomic E-state index is 0. The summed E-state index contributed by atoms with van der Waals surface area (Å²) in [7, 11) is 0. The number of aromatic nitrogens is 27. The number of pyridine rings is 1. The Kier molecular flexibility index (Phi) is 16.0. The van der Waals surface area contributed by atoms with Crippen molar-refractivity contribution < 1.29 is 0 Å². The molecule has 35 heteroatoms. The molecule has 0 bridgehead atoms.